The number of hydrogen-bond donors (Lipinski definition) is 1. The van der Waals surface area contributed by atoms with Gasteiger partial charge in [0.1, 0.15) is 0 Å². The first kappa shape index (κ1) is 17.7. The molecule has 3 aliphatic carbocycles. The number of carbonyl (C=O) groups is 2. The second kappa shape index (κ2) is 6.35. The highest BCUT2D eigenvalue weighted by Crippen LogP contribution is 2.53. The molecule has 2 atom stereocenters. The predicted molar refractivity (Wildman–Crippen MR) is 112 cm³/mol. The summed E-state index contributed by atoms with van der Waals surface area (Å²) in [7, 11) is 0. The second-order valence-electron chi connectivity index (χ2n) is 6.92. The molecule has 2 unspecified atom stereocenters. The van der Waals surface area contributed by atoms with Crippen LogP contribution in [0.1, 0.15) is 38.9 Å². The highest BCUT2D eigenvalue weighted by Gasteiger charge is 2.43. The quantitative estimate of drug-likeness (QED) is 0.638. The van der Waals surface area contributed by atoms with Crippen LogP contribution in [0.2, 0.25) is 5.02 Å². The molecule has 2 aromatic rings. The maximum Gasteiger partial charge on any atom is 0.188 e. The maximum atomic E-state index is 13.0. The summed E-state index contributed by atoms with van der Waals surface area (Å²) in [5, 5.41) is 4.38. The molecule has 0 spiro atoms. The van der Waals surface area contributed by atoms with Gasteiger partial charge in [-0.05, 0) is 34.9 Å². The number of rotatable bonds is 2. The van der Waals surface area contributed by atoms with E-state index in [1.165, 1.54) is 12.2 Å². The van der Waals surface area contributed by atoms with Gasteiger partial charge in [-0.15, -0.1) is 0 Å². The van der Waals surface area contributed by atoms with Gasteiger partial charge in [0.05, 0.1) is 16.0 Å². The van der Waals surface area contributed by atoms with E-state index in [1.54, 1.807) is 6.07 Å². The number of nitrogens with one attached hydrogen (secondary N) is 1. The van der Waals surface area contributed by atoms with Crippen LogP contribution in [0.5, 0.6) is 0 Å². The number of allylic oxidation sites excluding steroid dienone is 5. The zero-order chi connectivity index (χ0) is 19.6. The lowest BCUT2D eigenvalue weighted by molar-refractivity contribution is -0.115. The van der Waals surface area contributed by atoms with Gasteiger partial charge in [0.25, 0.3) is 0 Å². The van der Waals surface area contributed by atoms with Gasteiger partial charge in [-0.25, -0.2) is 0 Å². The van der Waals surface area contributed by atoms with Gasteiger partial charge in [0.15, 0.2) is 11.6 Å². The summed E-state index contributed by atoms with van der Waals surface area (Å²) in [5.41, 5.74) is 4.03. The Morgan fingerprint density at radius 3 is 2.43 bits per heavy atom. The normalized spacial score (nSPS) is 22.2. The molecule has 0 aliphatic heterocycles. The van der Waals surface area contributed by atoms with Crippen molar-refractivity contribution in [3.63, 3.8) is 0 Å². The smallest absolute Gasteiger partial charge is 0.188 e. The fourth-order valence-electron chi connectivity index (χ4n) is 4.17. The van der Waals surface area contributed by atoms with Crippen LogP contribution < -0.4 is 5.32 Å². The number of ketones is 2. The van der Waals surface area contributed by atoms with Crippen molar-refractivity contribution in [1.29, 1.82) is 0 Å². The molecule has 0 aromatic heterocycles. The average Bonchev–Trinajstić information content (AvgIpc) is 2.65. The minimum Gasteiger partial charge on any atom is -0.358 e. The molecule has 28 heavy (non-hydrogen) atoms. The minimum atomic E-state index is -0.588. The third-order valence-corrected chi connectivity index (χ3v) is 6.26. The van der Waals surface area contributed by atoms with E-state index in [9.17, 15) is 9.59 Å². The highest BCUT2D eigenvalue weighted by atomic mass is 35.5. The first-order valence-corrected chi connectivity index (χ1v) is 9.82. The third kappa shape index (κ3) is 2.51. The maximum absolute atomic E-state index is 13.0. The molecular formula is C22H12Cl3NO2. The molecule has 2 aromatic carbocycles. The van der Waals surface area contributed by atoms with Crippen molar-refractivity contribution in [3.05, 3.63) is 92.6 Å². The van der Waals surface area contributed by atoms with Gasteiger partial charge in [-0.2, -0.15) is 0 Å². The average molecular weight is 429 g/mol. The molecule has 0 fully saturated rings. The minimum absolute atomic E-state index is 0.145. The molecule has 3 aliphatic rings. The van der Waals surface area contributed by atoms with Crippen molar-refractivity contribution in [2.45, 2.75) is 11.8 Å². The van der Waals surface area contributed by atoms with E-state index >= 15 is 0 Å². The van der Waals surface area contributed by atoms with Gasteiger partial charge in [-0.3, -0.25) is 9.59 Å². The summed E-state index contributed by atoms with van der Waals surface area (Å²) in [6.07, 6.45) is 4.71. The van der Waals surface area contributed by atoms with Gasteiger partial charge in [0, 0.05) is 40.1 Å². The van der Waals surface area contributed by atoms with Crippen LogP contribution >= 0.6 is 34.8 Å². The van der Waals surface area contributed by atoms with Crippen LogP contribution in [0.3, 0.4) is 0 Å². The van der Waals surface area contributed by atoms with Crippen LogP contribution in [-0.2, 0) is 4.79 Å². The third-order valence-electron chi connectivity index (χ3n) is 5.30. The van der Waals surface area contributed by atoms with Gasteiger partial charge >= 0.3 is 0 Å². The Morgan fingerprint density at radius 1 is 0.929 bits per heavy atom. The van der Waals surface area contributed by atoms with Gasteiger partial charge in [0.2, 0.25) is 0 Å². The van der Waals surface area contributed by atoms with E-state index in [0.29, 0.717) is 43.0 Å². The number of benzene rings is 2. The molecule has 3 nitrogen and oxygen atoms in total. The summed E-state index contributed by atoms with van der Waals surface area (Å²) in [5.74, 6) is -1.35. The molecule has 0 radical (unpaired) electrons. The standard InChI is InChI=1S/C22H12Cl3NO2/c23-13-9-18(28)22-16(26-10-4-2-1-3-5-10)7-12-14(24)8-17(27)21-15(25)6-11(13)20(22)19(12)21/h1-9,12,22,26H. The number of anilines is 1. The van der Waals surface area contributed by atoms with Crippen LogP contribution in [0, 0.1) is 0 Å². The molecule has 6 heteroatoms. The van der Waals surface area contributed by atoms with Crippen LogP contribution in [0.25, 0.3) is 5.03 Å². The van der Waals surface area contributed by atoms with Crippen molar-refractivity contribution in [1.82, 2.24) is 0 Å². The zero-order valence-corrected chi connectivity index (χ0v) is 16.6. The van der Waals surface area contributed by atoms with Crippen LogP contribution in [0.15, 0.2) is 65.4 Å². The van der Waals surface area contributed by atoms with Crippen molar-refractivity contribution in [2.24, 2.45) is 0 Å². The monoisotopic (exact) mass is 427 g/mol. The van der Waals surface area contributed by atoms with Crippen molar-refractivity contribution in [3.8, 4) is 0 Å². The molecule has 1 N–H and O–H groups in total. The lowest BCUT2D eigenvalue weighted by Gasteiger charge is -2.37. The molecule has 0 saturated heterocycles. The fraction of sp³-hybridized carbons (Fsp3) is 0.0909. The summed E-state index contributed by atoms with van der Waals surface area (Å²) in [6.45, 7) is 0. The lowest BCUT2D eigenvalue weighted by Crippen LogP contribution is -2.30. The number of hydrogen-bond acceptors (Lipinski definition) is 3. The number of para-hydroxylation sites is 1. The summed E-state index contributed by atoms with van der Waals surface area (Å²) >= 11 is 19.3. The fourth-order valence-corrected chi connectivity index (χ4v) is 5.01. The SMILES string of the molecule is O=C1C=C(Cl)C2C=C(Nc3ccccc3)C3C(=O)C=C(Cl)c4cc(Cl)c1c2c43. The van der Waals surface area contributed by atoms with Crippen LogP contribution in [-0.4, -0.2) is 11.6 Å². The van der Waals surface area contributed by atoms with Gasteiger partial charge < -0.3 is 5.32 Å². The first-order valence-electron chi connectivity index (χ1n) is 8.68. The molecule has 0 saturated carbocycles. The number of carbonyl (C=O) groups excluding carboxylic acids is 2. The summed E-state index contributed by atoms with van der Waals surface area (Å²) in [4.78, 5) is 25.6. The summed E-state index contributed by atoms with van der Waals surface area (Å²) < 4.78 is 0. The van der Waals surface area contributed by atoms with E-state index < -0.39 is 5.92 Å². The first-order chi connectivity index (χ1) is 13.5. The Kier molecular flexibility index (Phi) is 4.02. The lowest BCUT2D eigenvalue weighted by atomic mass is 9.69. The van der Waals surface area contributed by atoms with Gasteiger partial charge in [-0.1, -0.05) is 59.1 Å². The largest absolute Gasteiger partial charge is 0.358 e. The summed E-state index contributed by atoms with van der Waals surface area (Å²) in [6, 6.07) is 11.2. The van der Waals surface area contributed by atoms with E-state index in [0.717, 1.165) is 5.69 Å². The Hall–Kier alpha value is -2.33. The Bertz CT molecular complexity index is 1160. The van der Waals surface area contributed by atoms with E-state index in [-0.39, 0.29) is 17.5 Å². The molecule has 0 heterocycles. The topological polar surface area (TPSA) is 46.2 Å². The van der Waals surface area contributed by atoms with Crippen LogP contribution in [0.4, 0.5) is 5.69 Å². The zero-order valence-electron chi connectivity index (χ0n) is 14.3. The van der Waals surface area contributed by atoms with E-state index in [4.69, 9.17) is 34.8 Å². The highest BCUT2D eigenvalue weighted by molar-refractivity contribution is 6.51. The van der Waals surface area contributed by atoms with Crippen molar-refractivity contribution in [2.75, 3.05) is 5.32 Å². The molecular weight excluding hydrogens is 417 g/mol. The molecule has 0 bridgehead atoms. The van der Waals surface area contributed by atoms with Crippen molar-refractivity contribution < 1.29 is 9.59 Å². The Balaban J connectivity index is 1.79. The predicted octanol–water partition coefficient (Wildman–Crippen LogP) is 6.00. The number of halogens is 3. The second-order valence-corrected chi connectivity index (χ2v) is 8.17. The molecule has 0 amide bonds. The van der Waals surface area contributed by atoms with E-state index in [2.05, 4.69) is 5.32 Å². The van der Waals surface area contributed by atoms with Crippen molar-refractivity contribution >= 4 is 57.1 Å². The Morgan fingerprint density at radius 2 is 1.68 bits per heavy atom. The molecule has 5 rings (SSSR count). The molecule has 138 valence electrons. The Labute approximate surface area is 176 Å². The van der Waals surface area contributed by atoms with E-state index in [1.807, 2.05) is 36.4 Å².